The summed E-state index contributed by atoms with van der Waals surface area (Å²) in [6.07, 6.45) is 0. The predicted octanol–water partition coefficient (Wildman–Crippen LogP) is 2.90. The van der Waals surface area contributed by atoms with Crippen LogP contribution in [0, 0.1) is 5.92 Å². The molecule has 0 aromatic heterocycles. The third-order valence-electron chi connectivity index (χ3n) is 4.05. The first kappa shape index (κ1) is 15.2. The molecule has 1 aromatic rings. The lowest BCUT2D eigenvalue weighted by Gasteiger charge is -2.30. The lowest BCUT2D eigenvalue weighted by atomic mass is 9.76. The molecule has 0 saturated heterocycles. The number of ether oxygens (including phenoxy) is 1. The number of nitrogens with zero attached hydrogens (tertiary/aromatic N) is 1. The van der Waals surface area contributed by atoms with Crippen LogP contribution in [0.15, 0.2) is 40.5 Å². The molecule has 0 saturated carbocycles. The van der Waals surface area contributed by atoms with Gasteiger partial charge >= 0.3 is 5.97 Å². The Labute approximate surface area is 133 Å². The molecule has 2 unspecified atom stereocenters. The second kappa shape index (κ2) is 6.20. The van der Waals surface area contributed by atoms with Gasteiger partial charge in [0.15, 0.2) is 5.70 Å². The second-order valence-corrected chi connectivity index (χ2v) is 5.73. The summed E-state index contributed by atoms with van der Waals surface area (Å²) in [5.74, 6) is -0.417. The van der Waals surface area contributed by atoms with Crippen molar-refractivity contribution in [3.8, 4) is 0 Å². The standard InChI is InChI=1S/C16H16ClNO4/c1-9-12(8-22-20-2)14(10-3-5-11(17)6-4-10)13-7-21-16(19)15(13)18-9/h3-6,12,14H,7-8H2,1-2H3. The van der Waals surface area contributed by atoms with Gasteiger partial charge in [-0.15, -0.1) is 0 Å². The molecule has 22 heavy (non-hydrogen) atoms. The van der Waals surface area contributed by atoms with Crippen LogP contribution in [0.3, 0.4) is 0 Å². The fourth-order valence-electron chi connectivity index (χ4n) is 2.97. The summed E-state index contributed by atoms with van der Waals surface area (Å²) in [6, 6.07) is 7.59. The van der Waals surface area contributed by atoms with Crippen LogP contribution < -0.4 is 0 Å². The van der Waals surface area contributed by atoms with Gasteiger partial charge in [-0.25, -0.2) is 19.6 Å². The number of carbonyl (C=O) groups is 1. The van der Waals surface area contributed by atoms with Crippen molar-refractivity contribution in [2.45, 2.75) is 12.8 Å². The van der Waals surface area contributed by atoms with Crippen LogP contribution >= 0.6 is 11.6 Å². The number of aliphatic imine (C=N–C) groups is 1. The Morgan fingerprint density at radius 2 is 2.09 bits per heavy atom. The Kier molecular flexibility index (Phi) is 4.29. The normalized spacial score (nSPS) is 24.1. The third kappa shape index (κ3) is 2.67. The van der Waals surface area contributed by atoms with Gasteiger partial charge in [-0.1, -0.05) is 23.7 Å². The Balaban J connectivity index is 2.03. The maximum absolute atomic E-state index is 11.8. The van der Waals surface area contributed by atoms with Crippen LogP contribution in [0.25, 0.3) is 0 Å². The summed E-state index contributed by atoms with van der Waals surface area (Å²) in [7, 11) is 1.47. The summed E-state index contributed by atoms with van der Waals surface area (Å²) in [4.78, 5) is 26.1. The lowest BCUT2D eigenvalue weighted by molar-refractivity contribution is -0.277. The van der Waals surface area contributed by atoms with E-state index in [2.05, 4.69) is 4.99 Å². The zero-order valence-electron chi connectivity index (χ0n) is 12.3. The molecule has 0 spiro atoms. The summed E-state index contributed by atoms with van der Waals surface area (Å²) >= 11 is 5.97. The Morgan fingerprint density at radius 3 is 2.77 bits per heavy atom. The van der Waals surface area contributed by atoms with Crippen LogP contribution in [0.4, 0.5) is 0 Å². The molecule has 0 bridgehead atoms. The average molecular weight is 322 g/mol. The third-order valence-corrected chi connectivity index (χ3v) is 4.31. The van der Waals surface area contributed by atoms with Gasteiger partial charge in [0, 0.05) is 28.1 Å². The fraction of sp³-hybridized carbons (Fsp3) is 0.375. The second-order valence-electron chi connectivity index (χ2n) is 5.29. The van der Waals surface area contributed by atoms with Gasteiger partial charge in [-0.2, -0.15) is 0 Å². The largest absolute Gasteiger partial charge is 0.456 e. The van der Waals surface area contributed by atoms with Crippen molar-refractivity contribution in [2.75, 3.05) is 20.3 Å². The first-order chi connectivity index (χ1) is 10.6. The fourth-order valence-corrected chi connectivity index (χ4v) is 3.10. The molecule has 0 fully saturated rings. The van der Waals surface area contributed by atoms with Crippen molar-refractivity contribution in [1.82, 2.24) is 0 Å². The number of cyclic esters (lactones) is 1. The average Bonchev–Trinajstić information content (AvgIpc) is 2.87. The van der Waals surface area contributed by atoms with Gasteiger partial charge in [-0.05, 0) is 24.6 Å². The Morgan fingerprint density at radius 1 is 1.36 bits per heavy atom. The van der Waals surface area contributed by atoms with Crippen LogP contribution in [0.1, 0.15) is 18.4 Å². The van der Waals surface area contributed by atoms with Crippen molar-refractivity contribution >= 4 is 23.3 Å². The van der Waals surface area contributed by atoms with Gasteiger partial charge in [-0.3, -0.25) is 0 Å². The van der Waals surface area contributed by atoms with E-state index in [0.29, 0.717) is 17.3 Å². The minimum atomic E-state index is -0.362. The molecule has 0 aliphatic carbocycles. The highest BCUT2D eigenvalue weighted by molar-refractivity contribution is 6.30. The van der Waals surface area contributed by atoms with E-state index in [9.17, 15) is 4.79 Å². The molecule has 0 amide bonds. The molecule has 2 heterocycles. The van der Waals surface area contributed by atoms with Gasteiger partial charge in [0.2, 0.25) is 0 Å². The van der Waals surface area contributed by atoms with E-state index in [1.165, 1.54) is 7.11 Å². The number of rotatable bonds is 4. The minimum absolute atomic E-state index is 0.0191. The smallest absolute Gasteiger partial charge is 0.357 e. The number of esters is 1. The first-order valence-electron chi connectivity index (χ1n) is 6.98. The maximum atomic E-state index is 11.8. The van der Waals surface area contributed by atoms with E-state index >= 15 is 0 Å². The summed E-state index contributed by atoms with van der Waals surface area (Å²) in [5.41, 5.74) is 3.19. The molecule has 1 aromatic carbocycles. The van der Waals surface area contributed by atoms with Gasteiger partial charge in [0.25, 0.3) is 0 Å². The van der Waals surface area contributed by atoms with Gasteiger partial charge < -0.3 is 4.74 Å². The van der Waals surface area contributed by atoms with Crippen LogP contribution in [-0.2, 0) is 19.3 Å². The molecule has 3 rings (SSSR count). The zero-order valence-corrected chi connectivity index (χ0v) is 13.1. The highest BCUT2D eigenvalue weighted by Gasteiger charge is 2.40. The first-order valence-corrected chi connectivity index (χ1v) is 7.36. The molecule has 116 valence electrons. The Hall–Kier alpha value is -1.69. The predicted molar refractivity (Wildman–Crippen MR) is 81.7 cm³/mol. The quantitative estimate of drug-likeness (QED) is 0.486. The van der Waals surface area contributed by atoms with Crippen molar-refractivity contribution in [3.05, 3.63) is 46.1 Å². The van der Waals surface area contributed by atoms with Crippen molar-refractivity contribution in [3.63, 3.8) is 0 Å². The Bertz CT molecular complexity index is 651. The zero-order chi connectivity index (χ0) is 15.7. The molecule has 6 heteroatoms. The number of benzene rings is 1. The molecule has 5 nitrogen and oxygen atoms in total. The molecule has 0 N–H and O–H groups in total. The van der Waals surface area contributed by atoms with Crippen molar-refractivity contribution < 1.29 is 19.3 Å². The van der Waals surface area contributed by atoms with Gasteiger partial charge in [0.05, 0.1) is 13.7 Å². The number of hydrogen-bond donors (Lipinski definition) is 0. The molecular weight excluding hydrogens is 306 g/mol. The summed E-state index contributed by atoms with van der Waals surface area (Å²) in [6.45, 7) is 2.51. The van der Waals surface area contributed by atoms with E-state index in [4.69, 9.17) is 26.1 Å². The minimum Gasteiger partial charge on any atom is -0.456 e. The highest BCUT2D eigenvalue weighted by Crippen LogP contribution is 2.41. The van der Waals surface area contributed by atoms with E-state index < -0.39 is 0 Å². The van der Waals surface area contributed by atoms with E-state index in [-0.39, 0.29) is 24.4 Å². The SMILES string of the molecule is COOCC1C(C)=NC2=C(COC2=O)C1c1ccc(Cl)cc1. The van der Waals surface area contributed by atoms with Crippen LogP contribution in [0.5, 0.6) is 0 Å². The van der Waals surface area contributed by atoms with E-state index in [0.717, 1.165) is 16.8 Å². The van der Waals surface area contributed by atoms with Crippen molar-refractivity contribution in [2.24, 2.45) is 10.9 Å². The van der Waals surface area contributed by atoms with Crippen molar-refractivity contribution in [1.29, 1.82) is 0 Å². The molecule has 0 radical (unpaired) electrons. The topological polar surface area (TPSA) is 57.1 Å². The van der Waals surface area contributed by atoms with Crippen LogP contribution in [-0.4, -0.2) is 32.0 Å². The lowest BCUT2D eigenvalue weighted by Crippen LogP contribution is -2.30. The highest BCUT2D eigenvalue weighted by atomic mass is 35.5. The maximum Gasteiger partial charge on any atom is 0.357 e. The molecular formula is C16H16ClNO4. The molecule has 2 aliphatic heterocycles. The van der Waals surface area contributed by atoms with E-state index in [1.807, 2.05) is 31.2 Å². The van der Waals surface area contributed by atoms with Gasteiger partial charge in [0.1, 0.15) is 6.61 Å². The molecule has 2 atom stereocenters. The number of hydrogen-bond acceptors (Lipinski definition) is 5. The molecule has 2 aliphatic rings. The summed E-state index contributed by atoms with van der Waals surface area (Å²) < 4.78 is 5.16. The van der Waals surface area contributed by atoms with E-state index in [1.54, 1.807) is 0 Å². The number of carbonyl (C=O) groups excluding carboxylic acids is 1. The monoisotopic (exact) mass is 321 g/mol. The summed E-state index contributed by atoms with van der Waals surface area (Å²) in [5, 5.41) is 0.669. The number of halogens is 1. The van der Waals surface area contributed by atoms with Crippen LogP contribution in [0.2, 0.25) is 5.02 Å².